The Morgan fingerprint density at radius 3 is 2.53 bits per heavy atom. The predicted molar refractivity (Wildman–Crippen MR) is 55.0 cm³/mol. The van der Waals surface area contributed by atoms with Gasteiger partial charge in [0.15, 0.2) is 0 Å². The van der Waals surface area contributed by atoms with Gasteiger partial charge in [-0.25, -0.2) is 4.79 Å². The maximum Gasteiger partial charge on any atom is 0.406 e. The van der Waals surface area contributed by atoms with Gasteiger partial charge in [-0.15, -0.1) is 0 Å². The van der Waals surface area contributed by atoms with Crippen molar-refractivity contribution in [3.63, 3.8) is 0 Å². The van der Waals surface area contributed by atoms with Gasteiger partial charge in [-0.05, 0) is 6.07 Å². The average Bonchev–Trinajstić information content (AvgIpc) is 2.55. The molecule has 1 N–H and O–H groups in total. The summed E-state index contributed by atoms with van der Waals surface area (Å²) in [6, 6.07) is 6.12. The van der Waals surface area contributed by atoms with Crippen molar-refractivity contribution in [1.82, 2.24) is 4.57 Å². The second-order valence-electron chi connectivity index (χ2n) is 3.61. The lowest BCUT2D eigenvalue weighted by Crippen LogP contribution is -2.16. The molecule has 0 saturated carbocycles. The van der Waals surface area contributed by atoms with E-state index in [1.54, 1.807) is 12.1 Å². The molecule has 0 fully saturated rings. The molecular formula is C11H8F3NO2. The van der Waals surface area contributed by atoms with Crippen molar-refractivity contribution in [3.8, 4) is 0 Å². The molecule has 1 aromatic heterocycles. The van der Waals surface area contributed by atoms with Crippen molar-refractivity contribution in [2.24, 2.45) is 0 Å². The summed E-state index contributed by atoms with van der Waals surface area (Å²) in [6.07, 6.45) is -3.36. The summed E-state index contributed by atoms with van der Waals surface area (Å²) in [4.78, 5) is 10.9. The minimum atomic E-state index is -4.38. The molecule has 0 aliphatic heterocycles. The maximum atomic E-state index is 12.3. The highest BCUT2D eigenvalue weighted by Crippen LogP contribution is 2.25. The van der Waals surface area contributed by atoms with E-state index in [0.717, 1.165) is 10.8 Å². The van der Waals surface area contributed by atoms with Gasteiger partial charge in [0.1, 0.15) is 6.54 Å². The Morgan fingerprint density at radius 2 is 1.94 bits per heavy atom. The highest BCUT2D eigenvalue weighted by atomic mass is 19.4. The third kappa shape index (κ3) is 2.25. The Kier molecular flexibility index (Phi) is 2.57. The number of aromatic carboxylic acids is 1. The Morgan fingerprint density at radius 1 is 1.29 bits per heavy atom. The van der Waals surface area contributed by atoms with Crippen molar-refractivity contribution >= 4 is 16.9 Å². The van der Waals surface area contributed by atoms with Crippen LogP contribution in [-0.4, -0.2) is 21.8 Å². The number of aromatic nitrogens is 1. The number of fused-ring (bicyclic) bond motifs is 1. The van der Waals surface area contributed by atoms with Crippen LogP contribution < -0.4 is 0 Å². The van der Waals surface area contributed by atoms with Gasteiger partial charge in [-0.1, -0.05) is 18.2 Å². The number of para-hydroxylation sites is 1. The Hall–Kier alpha value is -1.98. The molecule has 0 spiro atoms. The molecule has 0 aliphatic carbocycles. The molecule has 0 aliphatic rings. The summed E-state index contributed by atoms with van der Waals surface area (Å²) >= 11 is 0. The van der Waals surface area contributed by atoms with Crippen LogP contribution in [0.5, 0.6) is 0 Å². The molecule has 0 radical (unpaired) electrons. The Labute approximate surface area is 94.1 Å². The van der Waals surface area contributed by atoms with Crippen molar-refractivity contribution in [2.45, 2.75) is 12.7 Å². The first-order valence-corrected chi connectivity index (χ1v) is 4.76. The number of alkyl halides is 3. The van der Waals surface area contributed by atoms with Crippen LogP contribution in [0.4, 0.5) is 13.2 Å². The molecule has 2 aromatic rings. The number of rotatable bonds is 2. The van der Waals surface area contributed by atoms with E-state index < -0.39 is 18.7 Å². The molecular weight excluding hydrogens is 235 g/mol. The molecule has 2 rings (SSSR count). The number of benzene rings is 1. The van der Waals surface area contributed by atoms with Crippen LogP contribution in [0.3, 0.4) is 0 Å². The Bertz CT molecular complexity index is 572. The fourth-order valence-corrected chi connectivity index (χ4v) is 1.74. The third-order valence-electron chi connectivity index (χ3n) is 2.37. The number of nitrogens with zero attached hydrogens (tertiary/aromatic N) is 1. The average molecular weight is 243 g/mol. The minimum absolute atomic E-state index is 0.121. The number of carboxylic acids is 1. The van der Waals surface area contributed by atoms with Gasteiger partial charge in [0.25, 0.3) is 0 Å². The molecule has 1 heterocycles. The van der Waals surface area contributed by atoms with Crippen LogP contribution in [0.2, 0.25) is 0 Å². The number of halogens is 3. The summed E-state index contributed by atoms with van der Waals surface area (Å²) in [5, 5.41) is 9.21. The summed E-state index contributed by atoms with van der Waals surface area (Å²) < 4.78 is 37.8. The van der Waals surface area contributed by atoms with Crippen LogP contribution in [-0.2, 0) is 6.54 Å². The molecule has 3 nitrogen and oxygen atoms in total. The number of hydrogen-bond acceptors (Lipinski definition) is 1. The zero-order chi connectivity index (χ0) is 12.6. The van der Waals surface area contributed by atoms with Crippen LogP contribution in [0.1, 0.15) is 10.4 Å². The fraction of sp³-hybridized carbons (Fsp3) is 0.182. The number of hydrogen-bond donors (Lipinski definition) is 1. The lowest BCUT2D eigenvalue weighted by atomic mass is 10.2. The largest absolute Gasteiger partial charge is 0.478 e. The van der Waals surface area contributed by atoms with Gasteiger partial charge in [0.2, 0.25) is 0 Å². The first-order valence-electron chi connectivity index (χ1n) is 4.76. The predicted octanol–water partition coefficient (Wildman–Crippen LogP) is 2.90. The number of carbonyl (C=O) groups is 1. The minimum Gasteiger partial charge on any atom is -0.478 e. The van der Waals surface area contributed by atoms with E-state index >= 15 is 0 Å². The zero-order valence-corrected chi connectivity index (χ0v) is 8.53. The van der Waals surface area contributed by atoms with Gasteiger partial charge >= 0.3 is 12.1 Å². The van der Waals surface area contributed by atoms with Crippen LogP contribution in [0, 0.1) is 0 Å². The highest BCUT2D eigenvalue weighted by Gasteiger charge is 2.29. The van der Waals surface area contributed by atoms with Crippen molar-refractivity contribution < 1.29 is 23.1 Å². The van der Waals surface area contributed by atoms with Crippen molar-refractivity contribution in [1.29, 1.82) is 0 Å². The molecule has 0 unspecified atom stereocenters. The van der Waals surface area contributed by atoms with E-state index in [0.29, 0.717) is 5.39 Å². The molecule has 0 atom stereocenters. The van der Waals surface area contributed by atoms with Crippen LogP contribution in [0.25, 0.3) is 10.9 Å². The standard InChI is InChI=1S/C11H8F3NO2/c12-11(13,14)6-15-5-8(10(16)17)7-3-1-2-4-9(7)15/h1-5H,6H2,(H,16,17). The van der Waals surface area contributed by atoms with E-state index in [-0.39, 0.29) is 11.1 Å². The molecule has 0 amide bonds. The van der Waals surface area contributed by atoms with Crippen molar-refractivity contribution in [3.05, 3.63) is 36.0 Å². The molecule has 0 bridgehead atoms. The topological polar surface area (TPSA) is 42.2 Å². The number of carboxylic acid groups (broad SMARTS) is 1. The van der Waals surface area contributed by atoms with E-state index in [1.807, 2.05) is 0 Å². The summed E-state index contributed by atoms with van der Waals surface area (Å²) in [7, 11) is 0. The van der Waals surface area contributed by atoms with Gasteiger partial charge in [0.05, 0.1) is 5.56 Å². The van der Waals surface area contributed by atoms with E-state index in [2.05, 4.69) is 0 Å². The first-order chi connectivity index (χ1) is 7.88. The molecule has 17 heavy (non-hydrogen) atoms. The quantitative estimate of drug-likeness (QED) is 0.881. The SMILES string of the molecule is O=C(O)c1cn(CC(F)(F)F)c2ccccc12. The van der Waals surface area contributed by atoms with Crippen molar-refractivity contribution in [2.75, 3.05) is 0 Å². The summed E-state index contributed by atoms with van der Waals surface area (Å²) in [5.74, 6) is -1.23. The molecule has 0 saturated heterocycles. The molecule has 1 aromatic carbocycles. The van der Waals surface area contributed by atoms with Gasteiger partial charge < -0.3 is 9.67 Å². The van der Waals surface area contributed by atoms with E-state index in [1.165, 1.54) is 12.1 Å². The van der Waals surface area contributed by atoms with Crippen LogP contribution >= 0.6 is 0 Å². The smallest absolute Gasteiger partial charge is 0.406 e. The third-order valence-corrected chi connectivity index (χ3v) is 2.37. The second-order valence-corrected chi connectivity index (χ2v) is 3.61. The lowest BCUT2D eigenvalue weighted by molar-refractivity contribution is -0.139. The maximum absolute atomic E-state index is 12.3. The van der Waals surface area contributed by atoms with Gasteiger partial charge in [0, 0.05) is 17.1 Å². The van der Waals surface area contributed by atoms with Crippen LogP contribution in [0.15, 0.2) is 30.5 Å². The summed E-state index contributed by atoms with van der Waals surface area (Å²) in [5.41, 5.74) is 0.145. The molecule has 90 valence electrons. The normalized spacial score (nSPS) is 11.9. The van der Waals surface area contributed by atoms with E-state index in [9.17, 15) is 18.0 Å². The zero-order valence-electron chi connectivity index (χ0n) is 8.53. The monoisotopic (exact) mass is 243 g/mol. The van der Waals surface area contributed by atoms with Gasteiger partial charge in [-0.2, -0.15) is 13.2 Å². The lowest BCUT2D eigenvalue weighted by Gasteiger charge is -2.08. The second kappa shape index (κ2) is 3.80. The Balaban J connectivity index is 2.61. The first kappa shape index (κ1) is 11.5. The fourth-order valence-electron chi connectivity index (χ4n) is 1.74. The highest BCUT2D eigenvalue weighted by molar-refractivity contribution is 6.03. The summed E-state index contributed by atoms with van der Waals surface area (Å²) in [6.45, 7) is -1.19. The molecule has 6 heteroatoms. The van der Waals surface area contributed by atoms with E-state index in [4.69, 9.17) is 5.11 Å². The van der Waals surface area contributed by atoms with Gasteiger partial charge in [-0.3, -0.25) is 0 Å².